The molecule has 1 saturated carbocycles. The Bertz CT molecular complexity index is 543. The minimum Gasteiger partial charge on any atom is -0.364 e. The van der Waals surface area contributed by atoms with Gasteiger partial charge in [-0.3, -0.25) is 9.59 Å². The summed E-state index contributed by atoms with van der Waals surface area (Å²) in [6, 6.07) is 1.28. The monoisotopic (exact) mass is 332 g/mol. The van der Waals surface area contributed by atoms with Crippen LogP contribution in [-0.2, 0) is 9.59 Å². The lowest BCUT2D eigenvalue weighted by Gasteiger charge is -2.32. The molecule has 1 fully saturated rings. The van der Waals surface area contributed by atoms with Crippen molar-refractivity contribution in [3.05, 3.63) is 22.5 Å². The van der Waals surface area contributed by atoms with Crippen LogP contribution in [0.5, 0.6) is 0 Å². The molecule has 0 radical (unpaired) electrons. The Kier molecular flexibility index (Phi) is 5.26. The minimum absolute atomic E-state index is 0.0161. The quantitative estimate of drug-likeness (QED) is 0.549. The normalized spacial score (nSPS) is 18.2. The van der Waals surface area contributed by atoms with Crippen LogP contribution < -0.4 is 0 Å². The fourth-order valence-corrected chi connectivity index (χ4v) is 4.04. The maximum Gasteiger partial charge on any atom is 0.167 e. The van der Waals surface area contributed by atoms with Crippen LogP contribution >= 0.6 is 0 Å². The van der Waals surface area contributed by atoms with Gasteiger partial charge in [0.05, 0.1) is 17.0 Å². The number of hydrogen-bond acceptors (Lipinski definition) is 4. The Hall–Kier alpha value is -1.58. The molecule has 0 unspecified atom stereocenters. The van der Waals surface area contributed by atoms with Crippen molar-refractivity contribution in [1.82, 2.24) is 9.80 Å². The average molecular weight is 332 g/mol. The van der Waals surface area contributed by atoms with Crippen molar-refractivity contribution < 1.29 is 9.59 Å². The van der Waals surface area contributed by atoms with Gasteiger partial charge >= 0.3 is 0 Å². The van der Waals surface area contributed by atoms with Gasteiger partial charge in [0, 0.05) is 42.6 Å². The van der Waals surface area contributed by atoms with Crippen LogP contribution in [0.15, 0.2) is 22.5 Å². The maximum atomic E-state index is 12.3. The smallest absolute Gasteiger partial charge is 0.167 e. The summed E-state index contributed by atoms with van der Waals surface area (Å²) in [5.74, 6) is 0.0323. The molecule has 2 aliphatic rings. The van der Waals surface area contributed by atoms with Crippen molar-refractivity contribution in [3.63, 3.8) is 0 Å². The summed E-state index contributed by atoms with van der Waals surface area (Å²) < 4.78 is 0. The summed E-state index contributed by atoms with van der Waals surface area (Å²) in [5.41, 5.74) is 3.60. The second-order valence-electron chi connectivity index (χ2n) is 7.98. The lowest BCUT2D eigenvalue weighted by Crippen LogP contribution is -2.35. The van der Waals surface area contributed by atoms with Crippen LogP contribution in [0, 0.1) is 0 Å². The molecule has 134 valence electrons. The standard InChI is InChI=1S/C20H32N2O2/c1-11(2)21(12(3)4)19-18(17-15(23)9-10-16(17)24)20(19)22(13(5)6)14(7)8/h11-14H,9-10H2,1-8H3. The highest BCUT2D eigenvalue weighted by Gasteiger charge is 2.47. The van der Waals surface area contributed by atoms with E-state index < -0.39 is 0 Å². The molecule has 0 aliphatic heterocycles. The number of ketones is 2. The van der Waals surface area contributed by atoms with Crippen molar-refractivity contribution in [2.45, 2.75) is 92.4 Å². The number of allylic oxidation sites excluding steroid dienone is 3. The van der Waals surface area contributed by atoms with Gasteiger partial charge in [0.2, 0.25) is 0 Å². The predicted molar refractivity (Wildman–Crippen MR) is 97.5 cm³/mol. The fraction of sp³-hybridized carbons (Fsp3) is 0.700. The number of carbonyl (C=O) groups excluding carboxylic acids is 2. The number of hydrogen-bond donors (Lipinski definition) is 0. The largest absolute Gasteiger partial charge is 0.364 e. The van der Waals surface area contributed by atoms with Crippen LogP contribution in [0.4, 0.5) is 0 Å². The third-order valence-corrected chi connectivity index (χ3v) is 4.76. The van der Waals surface area contributed by atoms with Crippen molar-refractivity contribution in [2.24, 2.45) is 0 Å². The molecule has 0 amide bonds. The van der Waals surface area contributed by atoms with E-state index in [4.69, 9.17) is 0 Å². The third kappa shape index (κ3) is 3.15. The molecule has 2 rings (SSSR count). The van der Waals surface area contributed by atoms with E-state index in [9.17, 15) is 9.59 Å². The zero-order valence-electron chi connectivity index (χ0n) is 16.4. The molecule has 0 bridgehead atoms. The van der Waals surface area contributed by atoms with Gasteiger partial charge in [0.25, 0.3) is 0 Å². The Morgan fingerprint density at radius 3 is 1.12 bits per heavy atom. The van der Waals surface area contributed by atoms with E-state index in [-0.39, 0.29) is 11.6 Å². The van der Waals surface area contributed by atoms with E-state index >= 15 is 0 Å². The number of nitrogens with zero attached hydrogens (tertiary/aromatic N) is 2. The van der Waals surface area contributed by atoms with Gasteiger partial charge < -0.3 is 9.80 Å². The summed E-state index contributed by atoms with van der Waals surface area (Å²) in [6.07, 6.45) is 0.732. The van der Waals surface area contributed by atoms with Gasteiger partial charge in [-0.15, -0.1) is 0 Å². The van der Waals surface area contributed by atoms with E-state index in [1.54, 1.807) is 0 Å². The third-order valence-electron chi connectivity index (χ3n) is 4.76. The second kappa shape index (κ2) is 6.73. The predicted octanol–water partition coefficient (Wildman–Crippen LogP) is 3.68. The molecule has 0 aromatic heterocycles. The minimum atomic E-state index is 0.0161. The Balaban J connectivity index is 2.60. The van der Waals surface area contributed by atoms with Gasteiger partial charge in [0.15, 0.2) is 11.6 Å². The number of carbonyl (C=O) groups is 2. The van der Waals surface area contributed by atoms with Gasteiger partial charge in [-0.2, -0.15) is 0 Å². The molecule has 0 atom stereocenters. The number of Topliss-reactive ketones (excluding diaryl/α,β-unsaturated/α-hetero) is 2. The van der Waals surface area contributed by atoms with Gasteiger partial charge in [0.1, 0.15) is 0 Å². The first kappa shape index (κ1) is 18.8. The molecule has 0 saturated heterocycles. The highest BCUT2D eigenvalue weighted by atomic mass is 16.2. The van der Waals surface area contributed by atoms with Crippen LogP contribution in [0.3, 0.4) is 0 Å². The zero-order valence-corrected chi connectivity index (χ0v) is 16.4. The fourth-order valence-electron chi connectivity index (χ4n) is 4.04. The topological polar surface area (TPSA) is 40.6 Å². The van der Waals surface area contributed by atoms with Crippen molar-refractivity contribution >= 4 is 11.6 Å². The molecule has 0 aromatic rings. The van der Waals surface area contributed by atoms with E-state index in [1.165, 1.54) is 0 Å². The van der Waals surface area contributed by atoms with Crippen LogP contribution in [0.2, 0.25) is 0 Å². The Morgan fingerprint density at radius 1 is 0.583 bits per heavy atom. The zero-order chi connectivity index (χ0) is 18.3. The molecular weight excluding hydrogens is 300 g/mol. The maximum absolute atomic E-state index is 12.3. The summed E-state index contributed by atoms with van der Waals surface area (Å²) >= 11 is 0. The highest BCUT2D eigenvalue weighted by Crippen LogP contribution is 2.50. The molecule has 4 nitrogen and oxygen atoms in total. The lowest BCUT2D eigenvalue weighted by molar-refractivity contribution is -0.116. The molecule has 4 heteroatoms. The average Bonchev–Trinajstić information content (AvgIpc) is 2.97. The lowest BCUT2D eigenvalue weighted by atomic mass is 10.1. The summed E-state index contributed by atoms with van der Waals surface area (Å²) in [4.78, 5) is 29.4. The Morgan fingerprint density at radius 2 is 0.875 bits per heavy atom. The van der Waals surface area contributed by atoms with Gasteiger partial charge in [-0.1, -0.05) is 0 Å². The van der Waals surface area contributed by atoms with E-state index in [1.807, 2.05) is 0 Å². The van der Waals surface area contributed by atoms with Crippen LogP contribution in [0.1, 0.15) is 68.2 Å². The van der Waals surface area contributed by atoms with Crippen molar-refractivity contribution in [1.29, 1.82) is 0 Å². The van der Waals surface area contributed by atoms with Crippen molar-refractivity contribution in [2.75, 3.05) is 0 Å². The molecule has 0 aromatic carbocycles. The molecular formula is C20H32N2O2. The van der Waals surface area contributed by atoms with E-state index in [0.717, 1.165) is 17.0 Å². The SMILES string of the molecule is CC(C)N(C1=C(N(C(C)C)C(C)C)C1=C1C(=O)CCC1=O)C(C)C. The first-order valence-corrected chi connectivity index (χ1v) is 9.21. The molecule has 24 heavy (non-hydrogen) atoms. The Labute approximate surface area is 146 Å². The van der Waals surface area contributed by atoms with Gasteiger partial charge in [-0.05, 0) is 55.4 Å². The molecule has 2 aliphatic carbocycles. The van der Waals surface area contributed by atoms with Crippen LogP contribution in [0.25, 0.3) is 0 Å². The second-order valence-corrected chi connectivity index (χ2v) is 7.98. The van der Waals surface area contributed by atoms with Crippen LogP contribution in [-0.4, -0.2) is 45.5 Å². The first-order chi connectivity index (χ1) is 11.1. The molecule has 0 N–H and O–H groups in total. The number of rotatable bonds is 6. The summed E-state index contributed by atoms with van der Waals surface area (Å²) in [5, 5.41) is 0. The molecule has 0 spiro atoms. The first-order valence-electron chi connectivity index (χ1n) is 9.21. The van der Waals surface area contributed by atoms with Crippen molar-refractivity contribution in [3.8, 4) is 0 Å². The van der Waals surface area contributed by atoms with E-state index in [2.05, 4.69) is 65.2 Å². The molecule has 0 heterocycles. The highest BCUT2D eigenvalue weighted by molar-refractivity contribution is 6.27. The van der Waals surface area contributed by atoms with E-state index in [0.29, 0.717) is 42.6 Å². The summed E-state index contributed by atoms with van der Waals surface area (Å²) in [7, 11) is 0. The van der Waals surface area contributed by atoms with Gasteiger partial charge in [-0.25, -0.2) is 0 Å². The summed E-state index contributed by atoms with van der Waals surface area (Å²) in [6.45, 7) is 17.3.